The minimum Gasteiger partial charge on any atom is -0.383 e. The zero-order valence-corrected chi connectivity index (χ0v) is 22.3. The monoisotopic (exact) mass is 509 g/mol. The van der Waals surface area contributed by atoms with E-state index in [1.807, 2.05) is 13.0 Å². The summed E-state index contributed by atoms with van der Waals surface area (Å²) >= 11 is 3.16. The lowest BCUT2D eigenvalue weighted by Crippen LogP contribution is -2.26. The van der Waals surface area contributed by atoms with Crippen molar-refractivity contribution in [1.29, 1.82) is 0 Å². The van der Waals surface area contributed by atoms with Gasteiger partial charge in [-0.15, -0.1) is 22.7 Å². The Morgan fingerprint density at radius 2 is 1.94 bits per heavy atom. The molecule has 0 spiro atoms. The number of anilines is 1. The first-order valence-electron chi connectivity index (χ1n) is 11.5. The van der Waals surface area contributed by atoms with Gasteiger partial charge in [-0.05, 0) is 57.3 Å². The van der Waals surface area contributed by atoms with Crippen molar-refractivity contribution >= 4 is 44.6 Å². The maximum Gasteiger partial charge on any atom is 0.261 e. The number of hydrogen-bond acceptors (Lipinski definition) is 8. The molecule has 0 aliphatic rings. The molecule has 3 aromatic heterocycles. The van der Waals surface area contributed by atoms with E-state index in [0.717, 1.165) is 22.6 Å². The lowest BCUT2D eigenvalue weighted by atomic mass is 10.1. The minimum atomic E-state index is -0.124. The number of hydrogen-bond donors (Lipinski definition) is 2. The van der Waals surface area contributed by atoms with Crippen LogP contribution in [0.4, 0.5) is 5.82 Å². The van der Waals surface area contributed by atoms with Crippen LogP contribution in [0.2, 0.25) is 0 Å². The number of carbonyl (C=O) groups is 1. The number of carbonyl (C=O) groups excluding carboxylic acids is 1. The molecule has 9 heteroatoms. The Bertz CT molecular complexity index is 1310. The molecule has 1 amide bonds. The Hall–Kier alpha value is -2.85. The molecule has 2 N–H and O–H groups in total. The van der Waals surface area contributed by atoms with Crippen LogP contribution in [0.25, 0.3) is 20.7 Å². The summed E-state index contributed by atoms with van der Waals surface area (Å²) in [5.41, 5.74) is 2.58. The van der Waals surface area contributed by atoms with E-state index in [-0.39, 0.29) is 11.9 Å². The molecule has 0 aliphatic carbocycles. The van der Waals surface area contributed by atoms with Crippen molar-refractivity contribution in [2.75, 3.05) is 39.7 Å². The lowest BCUT2D eigenvalue weighted by molar-refractivity contribution is 0.0941. The lowest BCUT2D eigenvalue weighted by Gasteiger charge is -2.15. The molecule has 1 aromatic carbocycles. The fraction of sp³-hybridized carbons (Fsp3) is 0.346. The molecule has 0 saturated carbocycles. The highest BCUT2D eigenvalue weighted by Gasteiger charge is 2.18. The van der Waals surface area contributed by atoms with Gasteiger partial charge < -0.3 is 20.3 Å². The van der Waals surface area contributed by atoms with Crippen LogP contribution in [0.5, 0.6) is 0 Å². The molecule has 1 atom stereocenters. The number of aromatic nitrogens is 2. The zero-order valence-electron chi connectivity index (χ0n) is 20.7. The molecular formula is C26H31N5O2S2. The standard InChI is InChI=1S/C26H31N5O2S2/c1-16(21-10-11-22(34-21)19-9-7-6-8-18(19)15-31(3)4)28-24-20-14-23(25(32)27-12-13-33-5)35-26(20)30-17(2)29-24/h6-11,14,16H,12-13,15H2,1-5H3,(H,27,32)(H,28,29,30). The van der Waals surface area contributed by atoms with Crippen molar-refractivity contribution in [1.82, 2.24) is 20.2 Å². The number of nitrogens with zero attached hydrogens (tertiary/aromatic N) is 3. The maximum atomic E-state index is 12.5. The number of methoxy groups -OCH3 is 1. The van der Waals surface area contributed by atoms with Gasteiger partial charge in [0.05, 0.1) is 22.9 Å². The first-order chi connectivity index (χ1) is 16.9. The summed E-state index contributed by atoms with van der Waals surface area (Å²) in [4.78, 5) is 27.8. The SMILES string of the molecule is COCCNC(=O)c1cc2c(NC(C)c3ccc(-c4ccccc4CN(C)C)s3)nc(C)nc2s1. The number of ether oxygens (including phenoxy) is 1. The molecule has 0 radical (unpaired) electrons. The van der Waals surface area contributed by atoms with E-state index in [1.165, 1.54) is 32.2 Å². The second-order valence-electron chi connectivity index (χ2n) is 8.66. The van der Waals surface area contributed by atoms with E-state index in [2.05, 4.69) is 82.9 Å². The Morgan fingerprint density at radius 3 is 2.71 bits per heavy atom. The molecular weight excluding hydrogens is 478 g/mol. The molecule has 184 valence electrons. The van der Waals surface area contributed by atoms with Crippen molar-refractivity contribution in [3.8, 4) is 10.4 Å². The summed E-state index contributed by atoms with van der Waals surface area (Å²) < 4.78 is 5.02. The van der Waals surface area contributed by atoms with Crippen LogP contribution < -0.4 is 10.6 Å². The van der Waals surface area contributed by atoms with Crippen LogP contribution in [-0.2, 0) is 11.3 Å². The topological polar surface area (TPSA) is 79.4 Å². The predicted molar refractivity (Wildman–Crippen MR) is 146 cm³/mol. The maximum absolute atomic E-state index is 12.5. The van der Waals surface area contributed by atoms with Crippen molar-refractivity contribution in [2.45, 2.75) is 26.4 Å². The summed E-state index contributed by atoms with van der Waals surface area (Å²) in [6.07, 6.45) is 0. The molecule has 1 unspecified atom stereocenters. The summed E-state index contributed by atoms with van der Waals surface area (Å²) in [6, 6.07) is 14.9. The van der Waals surface area contributed by atoms with Gasteiger partial charge >= 0.3 is 0 Å². The average molecular weight is 510 g/mol. The molecule has 0 saturated heterocycles. The Balaban J connectivity index is 1.56. The number of aryl methyl sites for hydroxylation is 1. The van der Waals surface area contributed by atoms with Crippen LogP contribution in [0, 0.1) is 6.92 Å². The second kappa shape index (κ2) is 11.3. The molecule has 0 aliphatic heterocycles. The summed E-state index contributed by atoms with van der Waals surface area (Å²) in [5, 5.41) is 7.30. The number of nitrogens with one attached hydrogen (secondary N) is 2. The van der Waals surface area contributed by atoms with Gasteiger partial charge in [-0.1, -0.05) is 24.3 Å². The smallest absolute Gasteiger partial charge is 0.261 e. The molecule has 4 rings (SSSR count). The number of rotatable bonds is 10. The van der Waals surface area contributed by atoms with Gasteiger partial charge in [-0.3, -0.25) is 4.79 Å². The average Bonchev–Trinajstić information content (AvgIpc) is 3.47. The number of thiophene rings is 2. The second-order valence-corrected chi connectivity index (χ2v) is 10.8. The van der Waals surface area contributed by atoms with E-state index in [4.69, 9.17) is 4.74 Å². The minimum absolute atomic E-state index is 0.0474. The molecule has 7 nitrogen and oxygen atoms in total. The molecule has 0 bridgehead atoms. The van der Waals surface area contributed by atoms with Gasteiger partial charge in [-0.25, -0.2) is 9.97 Å². The van der Waals surface area contributed by atoms with Crippen molar-refractivity contribution < 1.29 is 9.53 Å². The fourth-order valence-electron chi connectivity index (χ4n) is 3.85. The highest BCUT2D eigenvalue weighted by Crippen LogP contribution is 2.36. The Labute approximate surface area is 214 Å². The largest absolute Gasteiger partial charge is 0.383 e. The highest BCUT2D eigenvalue weighted by molar-refractivity contribution is 7.20. The first kappa shape index (κ1) is 25.2. The number of benzene rings is 1. The summed E-state index contributed by atoms with van der Waals surface area (Å²) in [6.45, 7) is 5.85. The Kier molecular flexibility index (Phi) is 8.12. The van der Waals surface area contributed by atoms with E-state index >= 15 is 0 Å². The fourth-order valence-corrected chi connectivity index (χ4v) is 5.91. The van der Waals surface area contributed by atoms with Gasteiger partial charge in [0.2, 0.25) is 0 Å². The number of amides is 1. The Morgan fingerprint density at radius 1 is 1.14 bits per heavy atom. The van der Waals surface area contributed by atoms with Crippen molar-refractivity contribution in [3.63, 3.8) is 0 Å². The summed E-state index contributed by atoms with van der Waals surface area (Å²) in [5.74, 6) is 1.29. The van der Waals surface area contributed by atoms with Gasteiger partial charge in [0, 0.05) is 30.0 Å². The van der Waals surface area contributed by atoms with Gasteiger partial charge in [0.1, 0.15) is 16.5 Å². The molecule has 3 heterocycles. The third-order valence-corrected chi connectivity index (χ3v) is 7.83. The molecule has 4 aromatic rings. The predicted octanol–water partition coefficient (Wildman–Crippen LogP) is 5.34. The first-order valence-corrected chi connectivity index (χ1v) is 13.1. The van der Waals surface area contributed by atoms with Crippen molar-refractivity contribution in [3.05, 3.63) is 63.6 Å². The van der Waals surface area contributed by atoms with E-state index in [9.17, 15) is 4.79 Å². The van der Waals surface area contributed by atoms with Crippen LogP contribution >= 0.6 is 22.7 Å². The number of fused-ring (bicyclic) bond motifs is 1. The molecule has 35 heavy (non-hydrogen) atoms. The normalized spacial score (nSPS) is 12.3. The van der Waals surface area contributed by atoms with E-state index < -0.39 is 0 Å². The van der Waals surface area contributed by atoms with Crippen LogP contribution in [-0.4, -0.2) is 55.1 Å². The highest BCUT2D eigenvalue weighted by atomic mass is 32.1. The van der Waals surface area contributed by atoms with Gasteiger partial charge in [0.15, 0.2) is 0 Å². The summed E-state index contributed by atoms with van der Waals surface area (Å²) in [7, 11) is 5.79. The molecule has 0 fully saturated rings. The van der Waals surface area contributed by atoms with Crippen LogP contribution in [0.1, 0.15) is 38.9 Å². The van der Waals surface area contributed by atoms with Crippen LogP contribution in [0.15, 0.2) is 42.5 Å². The third-order valence-electron chi connectivity index (χ3n) is 5.50. The zero-order chi connectivity index (χ0) is 24.9. The van der Waals surface area contributed by atoms with E-state index in [1.54, 1.807) is 18.4 Å². The van der Waals surface area contributed by atoms with Gasteiger partial charge in [0.25, 0.3) is 5.91 Å². The van der Waals surface area contributed by atoms with Crippen LogP contribution in [0.3, 0.4) is 0 Å². The quantitative estimate of drug-likeness (QED) is 0.281. The van der Waals surface area contributed by atoms with E-state index in [0.29, 0.717) is 23.9 Å². The van der Waals surface area contributed by atoms with Gasteiger partial charge in [-0.2, -0.15) is 0 Å². The third kappa shape index (κ3) is 6.05. The van der Waals surface area contributed by atoms with Crippen molar-refractivity contribution in [2.24, 2.45) is 0 Å².